The highest BCUT2D eigenvalue weighted by Crippen LogP contribution is 2.27. The van der Waals surface area contributed by atoms with E-state index in [4.69, 9.17) is 9.47 Å². The first-order valence-electron chi connectivity index (χ1n) is 8.19. The van der Waals surface area contributed by atoms with Gasteiger partial charge in [-0.05, 0) is 37.6 Å². The van der Waals surface area contributed by atoms with Crippen molar-refractivity contribution >= 4 is 21.6 Å². The predicted octanol–water partition coefficient (Wildman–Crippen LogP) is 1.58. The monoisotopic (exact) mass is 379 g/mol. The van der Waals surface area contributed by atoms with E-state index in [-0.39, 0.29) is 30.1 Å². The number of benzene rings is 1. The van der Waals surface area contributed by atoms with Crippen molar-refractivity contribution in [1.82, 2.24) is 9.78 Å². The normalized spacial score (nSPS) is 18.5. The van der Waals surface area contributed by atoms with E-state index in [2.05, 4.69) is 10.4 Å². The summed E-state index contributed by atoms with van der Waals surface area (Å²) < 4.78 is 35.5. The summed E-state index contributed by atoms with van der Waals surface area (Å²) in [6, 6.07) is 8.37. The van der Waals surface area contributed by atoms with E-state index in [0.717, 1.165) is 0 Å². The molecule has 0 unspecified atom stereocenters. The molecule has 3 rings (SSSR count). The molecule has 1 saturated heterocycles. The molecule has 26 heavy (non-hydrogen) atoms. The van der Waals surface area contributed by atoms with Crippen molar-refractivity contribution in [3.63, 3.8) is 0 Å². The predicted molar refractivity (Wildman–Crippen MR) is 96.4 cm³/mol. The third-order valence-electron chi connectivity index (χ3n) is 4.11. The molecule has 1 N–H and O–H groups in total. The minimum atomic E-state index is -3.04. The molecule has 0 bridgehead atoms. The van der Waals surface area contributed by atoms with Crippen LogP contribution in [0.2, 0.25) is 0 Å². The number of sulfone groups is 1. The summed E-state index contributed by atoms with van der Waals surface area (Å²) in [6.07, 6.45) is 0.495. The van der Waals surface area contributed by atoms with Gasteiger partial charge < -0.3 is 14.8 Å². The van der Waals surface area contributed by atoms with E-state index < -0.39 is 9.84 Å². The summed E-state index contributed by atoms with van der Waals surface area (Å²) in [7, 11) is -1.47. The summed E-state index contributed by atoms with van der Waals surface area (Å²) in [4.78, 5) is 12.2. The average molecular weight is 379 g/mol. The van der Waals surface area contributed by atoms with Gasteiger partial charge in [-0.3, -0.25) is 4.79 Å². The van der Waals surface area contributed by atoms with Crippen molar-refractivity contribution in [1.29, 1.82) is 0 Å². The second-order valence-electron chi connectivity index (χ2n) is 6.18. The van der Waals surface area contributed by atoms with Gasteiger partial charge in [-0.1, -0.05) is 0 Å². The molecule has 9 heteroatoms. The molecule has 1 fully saturated rings. The molecule has 2 aromatic rings. The number of nitrogens with zero attached hydrogens (tertiary/aromatic N) is 2. The highest BCUT2D eigenvalue weighted by molar-refractivity contribution is 7.91. The van der Waals surface area contributed by atoms with Crippen molar-refractivity contribution in [2.75, 3.05) is 30.5 Å². The van der Waals surface area contributed by atoms with Crippen molar-refractivity contribution in [3.8, 4) is 11.5 Å². The van der Waals surface area contributed by atoms with Crippen molar-refractivity contribution in [2.24, 2.45) is 0 Å². The number of hydrogen-bond acceptors (Lipinski definition) is 6. The van der Waals surface area contributed by atoms with Gasteiger partial charge in [0.15, 0.2) is 16.4 Å². The van der Waals surface area contributed by atoms with Gasteiger partial charge in [-0.15, -0.1) is 0 Å². The molecule has 1 aromatic heterocycles. The van der Waals surface area contributed by atoms with E-state index in [0.29, 0.717) is 29.4 Å². The second-order valence-corrected chi connectivity index (χ2v) is 8.41. The molecule has 0 radical (unpaired) electrons. The van der Waals surface area contributed by atoms with Gasteiger partial charge in [0.2, 0.25) is 0 Å². The molecular formula is C17H21N3O5S. The summed E-state index contributed by atoms with van der Waals surface area (Å²) in [6.45, 7) is 1.63. The largest absolute Gasteiger partial charge is 0.497 e. The topological polar surface area (TPSA) is 99.5 Å². The number of hydrogen-bond donors (Lipinski definition) is 1. The van der Waals surface area contributed by atoms with Gasteiger partial charge in [-0.2, -0.15) is 5.10 Å². The minimum absolute atomic E-state index is 0.0410. The van der Waals surface area contributed by atoms with Gasteiger partial charge in [0.1, 0.15) is 17.3 Å². The third kappa shape index (κ3) is 4.34. The van der Waals surface area contributed by atoms with Crippen LogP contribution in [0.25, 0.3) is 0 Å². The van der Waals surface area contributed by atoms with Gasteiger partial charge in [0.05, 0.1) is 30.4 Å². The van der Waals surface area contributed by atoms with Crippen LogP contribution in [0.1, 0.15) is 18.2 Å². The molecule has 1 atom stereocenters. The zero-order valence-electron chi connectivity index (χ0n) is 14.6. The van der Waals surface area contributed by atoms with Crippen LogP contribution in [-0.2, 0) is 14.6 Å². The molecule has 8 nitrogen and oxygen atoms in total. The molecule has 1 aliphatic rings. The number of amides is 1. The Morgan fingerprint density at radius 3 is 2.62 bits per heavy atom. The van der Waals surface area contributed by atoms with Crippen LogP contribution in [0.3, 0.4) is 0 Å². The maximum absolute atomic E-state index is 12.2. The SMILES string of the molecule is COc1ccc(OCC(=O)Nc2cc(C)nn2[C@H]2CCS(=O)(=O)C2)cc1. The molecule has 0 aliphatic carbocycles. The Labute approximate surface area is 152 Å². The van der Waals surface area contributed by atoms with E-state index in [9.17, 15) is 13.2 Å². The number of aryl methyl sites for hydroxylation is 1. The number of nitrogens with one attached hydrogen (secondary N) is 1. The highest BCUT2D eigenvalue weighted by Gasteiger charge is 2.31. The van der Waals surface area contributed by atoms with E-state index in [1.807, 2.05) is 0 Å². The van der Waals surface area contributed by atoms with Crippen LogP contribution >= 0.6 is 0 Å². The zero-order chi connectivity index (χ0) is 18.7. The Balaban J connectivity index is 1.62. The standard InChI is InChI=1S/C17H21N3O5S/c1-12-9-16(20(19-12)13-7-8-26(22,23)11-13)18-17(21)10-25-15-5-3-14(24-2)4-6-15/h3-6,9,13H,7-8,10-11H2,1-2H3,(H,18,21)/t13-/m0/s1. The van der Waals surface area contributed by atoms with Crippen molar-refractivity contribution < 1.29 is 22.7 Å². The second kappa shape index (κ2) is 7.36. The molecule has 0 spiro atoms. The number of methoxy groups -OCH3 is 1. The first-order chi connectivity index (χ1) is 12.4. The van der Waals surface area contributed by atoms with Crippen molar-refractivity contribution in [3.05, 3.63) is 36.0 Å². The van der Waals surface area contributed by atoms with Crippen LogP contribution in [0.4, 0.5) is 5.82 Å². The molecule has 1 aromatic carbocycles. The molecule has 0 saturated carbocycles. The number of anilines is 1. The van der Waals surface area contributed by atoms with Gasteiger partial charge in [0, 0.05) is 6.07 Å². The molecule has 140 valence electrons. The fourth-order valence-electron chi connectivity index (χ4n) is 2.86. The van der Waals surface area contributed by atoms with Gasteiger partial charge in [-0.25, -0.2) is 13.1 Å². The Morgan fingerprint density at radius 2 is 2.00 bits per heavy atom. The Morgan fingerprint density at radius 1 is 1.31 bits per heavy atom. The molecular weight excluding hydrogens is 358 g/mol. The lowest BCUT2D eigenvalue weighted by molar-refractivity contribution is -0.118. The molecule has 1 aliphatic heterocycles. The first kappa shape index (κ1) is 18.2. The number of carbonyl (C=O) groups excluding carboxylic acids is 1. The number of rotatable bonds is 6. The fraction of sp³-hybridized carbons (Fsp3) is 0.412. The van der Waals surface area contributed by atoms with Crippen LogP contribution < -0.4 is 14.8 Å². The van der Waals surface area contributed by atoms with Gasteiger partial charge in [0.25, 0.3) is 5.91 Å². The van der Waals surface area contributed by atoms with Crippen LogP contribution in [0, 0.1) is 6.92 Å². The van der Waals surface area contributed by atoms with Crippen LogP contribution in [0.5, 0.6) is 11.5 Å². The lowest BCUT2D eigenvalue weighted by Gasteiger charge is -2.14. The van der Waals surface area contributed by atoms with Crippen LogP contribution in [0.15, 0.2) is 30.3 Å². The Hall–Kier alpha value is -2.55. The number of aromatic nitrogens is 2. The lowest BCUT2D eigenvalue weighted by Crippen LogP contribution is -2.23. The lowest BCUT2D eigenvalue weighted by atomic mass is 10.3. The Kier molecular flexibility index (Phi) is 5.17. The maximum Gasteiger partial charge on any atom is 0.263 e. The summed E-state index contributed by atoms with van der Waals surface area (Å²) in [5, 5.41) is 7.08. The quantitative estimate of drug-likeness (QED) is 0.818. The number of ether oxygens (including phenoxy) is 2. The third-order valence-corrected chi connectivity index (χ3v) is 5.86. The molecule has 1 amide bonds. The summed E-state index contributed by atoms with van der Waals surface area (Å²) in [5.41, 5.74) is 0.709. The highest BCUT2D eigenvalue weighted by atomic mass is 32.2. The molecule has 2 heterocycles. The van der Waals surface area contributed by atoms with Gasteiger partial charge >= 0.3 is 0 Å². The zero-order valence-corrected chi connectivity index (χ0v) is 15.5. The van der Waals surface area contributed by atoms with E-state index >= 15 is 0 Å². The van der Waals surface area contributed by atoms with Crippen molar-refractivity contribution in [2.45, 2.75) is 19.4 Å². The summed E-state index contributed by atoms with van der Waals surface area (Å²) >= 11 is 0. The minimum Gasteiger partial charge on any atom is -0.497 e. The fourth-order valence-corrected chi connectivity index (χ4v) is 4.55. The summed E-state index contributed by atoms with van der Waals surface area (Å²) in [5.74, 6) is 1.57. The van der Waals surface area contributed by atoms with E-state index in [1.54, 1.807) is 49.0 Å². The average Bonchev–Trinajstić information content (AvgIpc) is 3.15. The smallest absolute Gasteiger partial charge is 0.263 e. The first-order valence-corrected chi connectivity index (χ1v) is 10.0. The van der Waals surface area contributed by atoms with E-state index in [1.165, 1.54) is 0 Å². The number of carbonyl (C=O) groups is 1. The maximum atomic E-state index is 12.2. The van der Waals surface area contributed by atoms with Crippen LogP contribution in [-0.4, -0.2) is 49.3 Å². The Bertz CT molecular complexity index is 890.